The Balaban J connectivity index is 6.04. The molecule has 0 aliphatic heterocycles. The summed E-state index contributed by atoms with van der Waals surface area (Å²) < 4.78 is 9.28. The highest BCUT2D eigenvalue weighted by molar-refractivity contribution is 5.96. The third-order valence-corrected chi connectivity index (χ3v) is 7.23. The van der Waals surface area contributed by atoms with Gasteiger partial charge in [-0.3, -0.25) is 33.6 Å². The molecule has 0 radical (unpaired) electrons. The number of primary amides is 1. The smallest absolute Gasteiger partial charge is 0.330 e. The van der Waals surface area contributed by atoms with Crippen LogP contribution in [0, 0.1) is 23.7 Å². The Kier molecular flexibility index (Phi) is 19.3. The van der Waals surface area contributed by atoms with E-state index in [4.69, 9.17) is 10.5 Å². The molecule has 0 bridgehead atoms. The zero-order valence-electron chi connectivity index (χ0n) is 27.3. The topological polar surface area (TPSA) is 242 Å². The zero-order valence-corrected chi connectivity index (χ0v) is 27.3. The number of hydrogen-bond acceptors (Lipinski definition) is 11. The lowest BCUT2D eigenvalue weighted by Gasteiger charge is -2.24. The molecular formula is C31H47N3O12. The van der Waals surface area contributed by atoms with Crippen LogP contribution in [0.3, 0.4) is 0 Å². The molecule has 0 unspecified atom stereocenters. The van der Waals surface area contributed by atoms with Gasteiger partial charge in [0.05, 0.1) is 38.1 Å². The number of carboxylic acid groups (broad SMARTS) is 1. The van der Waals surface area contributed by atoms with Gasteiger partial charge in [0.15, 0.2) is 11.6 Å². The molecule has 0 heterocycles. The van der Waals surface area contributed by atoms with E-state index in [1.165, 1.54) is 34.1 Å². The molecule has 15 nitrogen and oxygen atoms in total. The van der Waals surface area contributed by atoms with Crippen molar-refractivity contribution < 1.29 is 57.7 Å². The number of carboxylic acids is 1. The number of esters is 2. The molecule has 0 aromatic rings. The average molecular weight is 654 g/mol. The van der Waals surface area contributed by atoms with E-state index in [0.29, 0.717) is 0 Å². The van der Waals surface area contributed by atoms with E-state index < -0.39 is 102 Å². The number of rotatable bonds is 23. The van der Waals surface area contributed by atoms with Crippen molar-refractivity contribution >= 4 is 53.0 Å². The maximum absolute atomic E-state index is 13.5. The minimum Gasteiger partial charge on any atom is -0.481 e. The number of allylic oxidation sites excluding steroid dienone is 1. The van der Waals surface area contributed by atoms with Gasteiger partial charge in [-0.2, -0.15) is 0 Å². The summed E-state index contributed by atoms with van der Waals surface area (Å²) in [5, 5.41) is 14.2. The molecule has 0 aromatic carbocycles. The van der Waals surface area contributed by atoms with Crippen LogP contribution in [0.2, 0.25) is 0 Å². The van der Waals surface area contributed by atoms with E-state index in [1.54, 1.807) is 13.8 Å². The van der Waals surface area contributed by atoms with Crippen LogP contribution in [0.15, 0.2) is 12.2 Å². The molecule has 0 saturated heterocycles. The molecule has 0 fully saturated rings. The van der Waals surface area contributed by atoms with Crippen molar-refractivity contribution in [3.05, 3.63) is 12.2 Å². The molecular weight excluding hydrogens is 606 g/mol. The summed E-state index contributed by atoms with van der Waals surface area (Å²) >= 11 is 0. The molecule has 15 heteroatoms. The molecule has 0 saturated carbocycles. The monoisotopic (exact) mass is 653 g/mol. The van der Waals surface area contributed by atoms with Gasteiger partial charge in [-0.25, -0.2) is 4.79 Å². The van der Waals surface area contributed by atoms with Gasteiger partial charge < -0.3 is 35.7 Å². The normalized spacial score (nSPS) is 14.3. The van der Waals surface area contributed by atoms with Gasteiger partial charge in [0.1, 0.15) is 5.78 Å². The molecule has 0 aromatic heterocycles. The van der Waals surface area contributed by atoms with Crippen molar-refractivity contribution in [1.82, 2.24) is 10.6 Å². The van der Waals surface area contributed by atoms with E-state index >= 15 is 0 Å². The van der Waals surface area contributed by atoms with Gasteiger partial charge >= 0.3 is 17.9 Å². The summed E-state index contributed by atoms with van der Waals surface area (Å²) in [6, 6.07) is -2.34. The van der Waals surface area contributed by atoms with E-state index in [2.05, 4.69) is 15.4 Å². The fraction of sp³-hybridized carbons (Fsp3) is 0.645. The lowest BCUT2D eigenvalue weighted by atomic mass is 9.88. The van der Waals surface area contributed by atoms with Gasteiger partial charge in [0.2, 0.25) is 17.7 Å². The number of hydrogen-bond donors (Lipinski definition) is 4. The number of nitrogens with two attached hydrogens (primary N) is 1. The van der Waals surface area contributed by atoms with Gasteiger partial charge in [-0.15, -0.1) is 0 Å². The number of Topliss-reactive ketones (excluding diaryl/α,β-unsaturated/α-hetero) is 3. The van der Waals surface area contributed by atoms with Crippen molar-refractivity contribution in [3.8, 4) is 0 Å². The SMILES string of the molecule is COC(=O)/C=C/CC[C@H](NC(=O)[C@@H](CC(C)=O)CC(N)=O)C(=O)C[C@@H](CCC(=O)O)C(=O)N[C@@H](C)C(=O)C[C@H](C(=O)OC)C(C)C. The van der Waals surface area contributed by atoms with Crippen LogP contribution in [-0.4, -0.2) is 84.4 Å². The first-order chi connectivity index (χ1) is 21.4. The van der Waals surface area contributed by atoms with Crippen LogP contribution in [0.25, 0.3) is 0 Å². The predicted molar refractivity (Wildman–Crippen MR) is 162 cm³/mol. The molecule has 5 atom stereocenters. The number of ether oxygens (including phenoxy) is 2. The van der Waals surface area contributed by atoms with Crippen molar-refractivity contribution in [1.29, 1.82) is 0 Å². The average Bonchev–Trinajstić information content (AvgIpc) is 2.97. The molecule has 46 heavy (non-hydrogen) atoms. The fourth-order valence-corrected chi connectivity index (χ4v) is 4.52. The molecule has 0 rings (SSSR count). The molecule has 3 amide bonds. The van der Waals surface area contributed by atoms with E-state index in [1.807, 2.05) is 0 Å². The number of amides is 3. The van der Waals surface area contributed by atoms with Crippen molar-refractivity contribution in [3.63, 3.8) is 0 Å². The van der Waals surface area contributed by atoms with Crippen LogP contribution in [0.5, 0.6) is 0 Å². The summed E-state index contributed by atoms with van der Waals surface area (Å²) in [4.78, 5) is 111. The number of methoxy groups -OCH3 is 2. The minimum atomic E-state index is -1.26. The first-order valence-corrected chi connectivity index (χ1v) is 14.9. The maximum Gasteiger partial charge on any atom is 0.330 e. The molecule has 258 valence electrons. The first-order valence-electron chi connectivity index (χ1n) is 14.9. The van der Waals surface area contributed by atoms with Crippen molar-refractivity contribution in [2.45, 2.75) is 91.1 Å². The summed E-state index contributed by atoms with van der Waals surface area (Å²) in [6.07, 6.45) is 0.252. The van der Waals surface area contributed by atoms with E-state index in [0.717, 1.165) is 6.08 Å². The summed E-state index contributed by atoms with van der Waals surface area (Å²) in [7, 11) is 2.37. The predicted octanol–water partition coefficient (Wildman–Crippen LogP) is 0.801. The highest BCUT2D eigenvalue weighted by Crippen LogP contribution is 2.20. The number of nitrogens with one attached hydrogen (secondary N) is 2. The van der Waals surface area contributed by atoms with Crippen LogP contribution in [-0.2, 0) is 52.6 Å². The Labute approximate surface area is 268 Å². The number of carbonyl (C=O) groups is 9. The van der Waals surface area contributed by atoms with Crippen LogP contribution in [0.4, 0.5) is 0 Å². The summed E-state index contributed by atoms with van der Waals surface area (Å²) in [5.41, 5.74) is 5.23. The molecule has 0 spiro atoms. The summed E-state index contributed by atoms with van der Waals surface area (Å²) in [5.74, 6) is -9.80. The lowest BCUT2D eigenvalue weighted by Crippen LogP contribution is -2.47. The number of carbonyl (C=O) groups excluding carboxylic acids is 8. The molecule has 5 N–H and O–H groups in total. The number of ketones is 3. The van der Waals surface area contributed by atoms with Crippen LogP contribution in [0.1, 0.15) is 79.1 Å². The Hall–Kier alpha value is -4.43. The largest absolute Gasteiger partial charge is 0.481 e. The third-order valence-electron chi connectivity index (χ3n) is 7.23. The van der Waals surface area contributed by atoms with Gasteiger partial charge in [0.25, 0.3) is 0 Å². The second kappa shape index (κ2) is 21.3. The maximum atomic E-state index is 13.5. The highest BCUT2D eigenvalue weighted by atomic mass is 16.5. The quantitative estimate of drug-likeness (QED) is 0.0884. The number of aliphatic carboxylic acids is 1. The van der Waals surface area contributed by atoms with Crippen LogP contribution < -0.4 is 16.4 Å². The summed E-state index contributed by atoms with van der Waals surface area (Å²) in [6.45, 7) is 6.09. The van der Waals surface area contributed by atoms with Gasteiger partial charge in [-0.05, 0) is 39.0 Å². The van der Waals surface area contributed by atoms with E-state index in [-0.39, 0.29) is 38.0 Å². The zero-order chi connectivity index (χ0) is 35.6. The Morgan fingerprint density at radius 3 is 1.89 bits per heavy atom. The van der Waals surface area contributed by atoms with Crippen molar-refractivity contribution in [2.24, 2.45) is 29.4 Å². The Morgan fingerprint density at radius 2 is 1.39 bits per heavy atom. The fourth-order valence-electron chi connectivity index (χ4n) is 4.52. The molecule has 0 aliphatic rings. The second-order valence-electron chi connectivity index (χ2n) is 11.4. The molecule has 0 aliphatic carbocycles. The van der Waals surface area contributed by atoms with Crippen LogP contribution >= 0.6 is 0 Å². The first kappa shape index (κ1) is 41.6. The Bertz CT molecular complexity index is 1150. The second-order valence-corrected chi connectivity index (χ2v) is 11.4. The Morgan fingerprint density at radius 1 is 0.783 bits per heavy atom. The van der Waals surface area contributed by atoms with Gasteiger partial charge in [-0.1, -0.05) is 19.9 Å². The van der Waals surface area contributed by atoms with E-state index in [9.17, 15) is 48.3 Å². The van der Waals surface area contributed by atoms with Crippen molar-refractivity contribution in [2.75, 3.05) is 14.2 Å². The third kappa shape index (κ3) is 16.6. The lowest BCUT2D eigenvalue weighted by molar-refractivity contribution is -0.149. The standard InChI is InChI=1S/C31H47N3O12/c1-17(2)22(31(44)46-6)16-24(36)19(4)33-29(42)20(11-12-27(39)40)14-25(37)23(9-7-8-10-28(41)45-5)34-30(43)21(13-18(3)35)15-26(32)38/h8,10,17,19-23H,7,9,11-16H2,1-6H3,(H2,32,38)(H,33,42)(H,34,43)(H,39,40)/b10-8+/t19-,20+,21-,22-,23-/m0/s1. The highest BCUT2D eigenvalue weighted by Gasteiger charge is 2.33. The minimum absolute atomic E-state index is 0.0618. The van der Waals surface area contributed by atoms with Gasteiger partial charge in [0, 0.05) is 44.1 Å².